The van der Waals surface area contributed by atoms with Crippen molar-refractivity contribution in [1.82, 2.24) is 5.32 Å². The molecule has 0 saturated carbocycles. The van der Waals surface area contributed by atoms with Crippen molar-refractivity contribution in [2.75, 3.05) is 6.54 Å². The van der Waals surface area contributed by atoms with E-state index in [1.54, 1.807) is 0 Å². The van der Waals surface area contributed by atoms with E-state index in [4.69, 9.17) is 5.11 Å². The monoisotopic (exact) mass is 297 g/mol. The Morgan fingerprint density at radius 1 is 1.40 bits per heavy atom. The molecule has 1 aromatic heterocycles. The number of carboxylic acids is 1. The van der Waals surface area contributed by atoms with Crippen molar-refractivity contribution >= 4 is 23.2 Å². The van der Waals surface area contributed by atoms with Gasteiger partial charge in [-0.2, -0.15) is 0 Å². The van der Waals surface area contributed by atoms with E-state index < -0.39 is 5.97 Å². The van der Waals surface area contributed by atoms with Crippen LogP contribution in [0.3, 0.4) is 0 Å². The van der Waals surface area contributed by atoms with Gasteiger partial charge in [-0.05, 0) is 30.9 Å². The first-order valence-electron chi connectivity index (χ1n) is 7.07. The molecule has 0 bridgehead atoms. The van der Waals surface area contributed by atoms with E-state index in [0.29, 0.717) is 6.54 Å². The summed E-state index contributed by atoms with van der Waals surface area (Å²) in [5.74, 6) is -0.916. The number of thiophene rings is 1. The van der Waals surface area contributed by atoms with Gasteiger partial charge in [0, 0.05) is 17.8 Å². The number of carbonyl (C=O) groups is 2. The second-order valence-corrected chi connectivity index (χ2v) is 6.28. The van der Waals surface area contributed by atoms with Gasteiger partial charge in [-0.15, -0.1) is 11.3 Å². The molecule has 0 saturated heterocycles. The van der Waals surface area contributed by atoms with Gasteiger partial charge in [-0.1, -0.05) is 26.7 Å². The van der Waals surface area contributed by atoms with Gasteiger partial charge in [-0.25, -0.2) is 0 Å². The number of nitrogens with one attached hydrogen (secondary N) is 1. The van der Waals surface area contributed by atoms with Crippen LogP contribution in [0, 0.1) is 12.8 Å². The Morgan fingerprint density at radius 3 is 2.65 bits per heavy atom. The van der Waals surface area contributed by atoms with Crippen molar-refractivity contribution in [3.63, 3.8) is 0 Å². The van der Waals surface area contributed by atoms with Crippen LogP contribution < -0.4 is 5.32 Å². The fourth-order valence-electron chi connectivity index (χ4n) is 2.08. The first kappa shape index (κ1) is 16.7. The molecule has 1 unspecified atom stereocenters. The smallest absolute Gasteiger partial charge is 0.303 e. The summed E-state index contributed by atoms with van der Waals surface area (Å²) in [6.45, 7) is 6.51. The zero-order valence-corrected chi connectivity index (χ0v) is 13.2. The van der Waals surface area contributed by atoms with Crippen molar-refractivity contribution in [3.05, 3.63) is 21.4 Å². The second-order valence-electron chi connectivity index (χ2n) is 5.02. The summed E-state index contributed by atoms with van der Waals surface area (Å²) in [6, 6.07) is 1.96. The van der Waals surface area contributed by atoms with Gasteiger partial charge in [0.15, 0.2) is 0 Å². The third-order valence-electron chi connectivity index (χ3n) is 3.36. The molecule has 0 fully saturated rings. The summed E-state index contributed by atoms with van der Waals surface area (Å²) in [5.41, 5.74) is 1.24. The lowest BCUT2D eigenvalue weighted by Gasteiger charge is -2.12. The molecular weight excluding hydrogens is 274 g/mol. The molecule has 2 N–H and O–H groups in total. The maximum absolute atomic E-state index is 12.1. The van der Waals surface area contributed by atoms with Crippen molar-refractivity contribution < 1.29 is 14.7 Å². The predicted molar refractivity (Wildman–Crippen MR) is 81.4 cm³/mol. The number of hydrogen-bond donors (Lipinski definition) is 2. The zero-order chi connectivity index (χ0) is 15.1. The van der Waals surface area contributed by atoms with Crippen molar-refractivity contribution in [2.45, 2.75) is 46.5 Å². The van der Waals surface area contributed by atoms with E-state index in [1.807, 2.05) is 19.9 Å². The number of amides is 1. The Bertz CT molecular complexity index is 468. The number of rotatable bonds is 8. The van der Waals surface area contributed by atoms with Crippen LogP contribution >= 0.6 is 11.3 Å². The summed E-state index contributed by atoms with van der Waals surface area (Å²) in [4.78, 5) is 24.7. The van der Waals surface area contributed by atoms with Gasteiger partial charge in [0.2, 0.25) is 0 Å². The highest BCUT2D eigenvalue weighted by atomic mass is 32.1. The number of aliphatic carboxylic acids is 1. The molecule has 5 heteroatoms. The van der Waals surface area contributed by atoms with Crippen LogP contribution in [0.2, 0.25) is 0 Å². The Morgan fingerprint density at radius 2 is 2.10 bits per heavy atom. The Hall–Kier alpha value is -1.36. The van der Waals surface area contributed by atoms with Gasteiger partial charge in [0.05, 0.1) is 4.88 Å². The molecule has 112 valence electrons. The Kier molecular flexibility index (Phi) is 6.71. The lowest BCUT2D eigenvalue weighted by atomic mass is 10.0. The van der Waals surface area contributed by atoms with Gasteiger partial charge >= 0.3 is 5.97 Å². The largest absolute Gasteiger partial charge is 0.481 e. The summed E-state index contributed by atoms with van der Waals surface area (Å²) in [6.07, 6.45) is 2.90. The van der Waals surface area contributed by atoms with Crippen molar-refractivity contribution in [2.24, 2.45) is 5.92 Å². The highest BCUT2D eigenvalue weighted by Crippen LogP contribution is 2.22. The number of hydrogen-bond acceptors (Lipinski definition) is 3. The van der Waals surface area contributed by atoms with Crippen LogP contribution in [-0.2, 0) is 11.2 Å². The highest BCUT2D eigenvalue weighted by molar-refractivity contribution is 7.14. The van der Waals surface area contributed by atoms with Crippen LogP contribution in [0.15, 0.2) is 6.07 Å². The van der Waals surface area contributed by atoms with Crippen LogP contribution in [0.1, 0.15) is 53.2 Å². The van der Waals surface area contributed by atoms with Gasteiger partial charge in [0.25, 0.3) is 5.91 Å². The van der Waals surface area contributed by atoms with Crippen molar-refractivity contribution in [1.29, 1.82) is 0 Å². The summed E-state index contributed by atoms with van der Waals surface area (Å²) in [7, 11) is 0. The fraction of sp³-hybridized carbons (Fsp3) is 0.600. The average molecular weight is 297 g/mol. The molecule has 0 aliphatic rings. The van der Waals surface area contributed by atoms with E-state index >= 15 is 0 Å². The standard InChI is InChI=1S/C15H23NO3S/c1-4-6-12-8-13(20-10(12)3)15(19)16-9-11(5-2)7-14(17)18/h8,11H,4-7,9H2,1-3H3,(H,16,19)(H,17,18). The molecule has 20 heavy (non-hydrogen) atoms. The van der Waals surface area contributed by atoms with Crippen molar-refractivity contribution in [3.8, 4) is 0 Å². The normalized spacial score (nSPS) is 12.2. The number of aryl methyl sites for hydroxylation is 2. The molecule has 4 nitrogen and oxygen atoms in total. The predicted octanol–water partition coefficient (Wildman–Crippen LogP) is 3.24. The third-order valence-corrected chi connectivity index (χ3v) is 4.45. The van der Waals surface area contributed by atoms with E-state index in [1.165, 1.54) is 21.8 Å². The van der Waals surface area contributed by atoms with E-state index in [-0.39, 0.29) is 18.2 Å². The van der Waals surface area contributed by atoms with Gasteiger partial charge in [0.1, 0.15) is 0 Å². The first-order chi connectivity index (χ1) is 9.47. The Balaban J connectivity index is 2.57. The first-order valence-corrected chi connectivity index (χ1v) is 7.88. The van der Waals surface area contributed by atoms with Crippen LogP contribution in [0.4, 0.5) is 0 Å². The molecule has 0 spiro atoms. The Labute approximate surface area is 124 Å². The molecular formula is C15H23NO3S. The molecule has 1 aromatic rings. The maximum atomic E-state index is 12.1. The maximum Gasteiger partial charge on any atom is 0.303 e. The minimum absolute atomic E-state index is 0.00683. The minimum atomic E-state index is -0.816. The van der Waals surface area contributed by atoms with E-state index in [9.17, 15) is 9.59 Å². The molecule has 0 aromatic carbocycles. The summed E-state index contributed by atoms with van der Waals surface area (Å²) < 4.78 is 0. The molecule has 0 aliphatic carbocycles. The van der Waals surface area contributed by atoms with Gasteiger partial charge in [-0.3, -0.25) is 9.59 Å². The van der Waals surface area contributed by atoms with Gasteiger partial charge < -0.3 is 10.4 Å². The lowest BCUT2D eigenvalue weighted by Crippen LogP contribution is -2.29. The highest BCUT2D eigenvalue weighted by Gasteiger charge is 2.15. The average Bonchev–Trinajstić information content (AvgIpc) is 2.76. The fourth-order valence-corrected chi connectivity index (χ4v) is 3.07. The molecule has 0 radical (unpaired) electrons. The number of carboxylic acid groups (broad SMARTS) is 1. The van der Waals surface area contributed by atoms with Crippen LogP contribution in [0.25, 0.3) is 0 Å². The summed E-state index contributed by atoms with van der Waals surface area (Å²) in [5, 5.41) is 11.6. The van der Waals surface area contributed by atoms with Crippen LogP contribution in [0.5, 0.6) is 0 Å². The second kappa shape index (κ2) is 8.04. The molecule has 0 aliphatic heterocycles. The zero-order valence-electron chi connectivity index (χ0n) is 12.4. The van der Waals surface area contributed by atoms with E-state index in [0.717, 1.165) is 24.1 Å². The molecule has 1 atom stereocenters. The minimum Gasteiger partial charge on any atom is -0.481 e. The quantitative estimate of drug-likeness (QED) is 0.774. The number of carbonyl (C=O) groups excluding carboxylic acids is 1. The van der Waals surface area contributed by atoms with Crippen LogP contribution in [-0.4, -0.2) is 23.5 Å². The molecule has 1 amide bonds. The molecule has 1 heterocycles. The SMILES string of the molecule is CCCc1cc(C(=O)NCC(CC)CC(=O)O)sc1C. The third kappa shape index (κ3) is 4.96. The lowest BCUT2D eigenvalue weighted by molar-refractivity contribution is -0.138. The molecule has 1 rings (SSSR count). The van der Waals surface area contributed by atoms with E-state index in [2.05, 4.69) is 12.2 Å². The topological polar surface area (TPSA) is 66.4 Å². The summed E-state index contributed by atoms with van der Waals surface area (Å²) >= 11 is 1.51.